The first-order valence-corrected chi connectivity index (χ1v) is 9.12. The topological polar surface area (TPSA) is 52.5 Å². The molecule has 0 aliphatic heterocycles. The highest BCUT2D eigenvalue weighted by Crippen LogP contribution is 2.30. The molecule has 3 aromatic rings. The first-order chi connectivity index (χ1) is 14.0. The molecule has 0 atom stereocenters. The molecule has 0 aliphatic rings. The van der Waals surface area contributed by atoms with Gasteiger partial charge in [0.15, 0.2) is 0 Å². The van der Waals surface area contributed by atoms with Gasteiger partial charge in [-0.05, 0) is 36.4 Å². The Kier molecular flexibility index (Phi) is 6.61. The van der Waals surface area contributed by atoms with E-state index in [4.69, 9.17) is 9.47 Å². The molecule has 152 valence electrons. The van der Waals surface area contributed by atoms with E-state index in [0.29, 0.717) is 42.1 Å². The lowest BCUT2D eigenvalue weighted by Gasteiger charge is -2.12. The van der Waals surface area contributed by atoms with E-state index in [9.17, 15) is 13.6 Å². The maximum atomic E-state index is 14.3. The Labute approximate surface area is 167 Å². The second kappa shape index (κ2) is 9.34. The number of nitrogens with one attached hydrogen (secondary N) is 1. The van der Waals surface area contributed by atoms with Crippen LogP contribution in [0, 0.1) is 11.6 Å². The van der Waals surface area contributed by atoms with Crippen LogP contribution < -0.4 is 10.1 Å². The normalized spacial score (nSPS) is 10.9. The van der Waals surface area contributed by atoms with Crippen LogP contribution in [0.2, 0.25) is 0 Å². The molecule has 1 aromatic heterocycles. The molecule has 0 spiro atoms. The zero-order chi connectivity index (χ0) is 20.8. The van der Waals surface area contributed by atoms with Gasteiger partial charge >= 0.3 is 0 Å². The smallest absolute Gasteiger partial charge is 0.268 e. The summed E-state index contributed by atoms with van der Waals surface area (Å²) in [5, 5.41) is 3.46. The van der Waals surface area contributed by atoms with Gasteiger partial charge in [0.1, 0.15) is 29.7 Å². The zero-order valence-corrected chi connectivity index (χ0v) is 16.1. The quantitative estimate of drug-likeness (QED) is 0.438. The molecule has 29 heavy (non-hydrogen) atoms. The highest BCUT2D eigenvalue weighted by molar-refractivity contribution is 6.00. The van der Waals surface area contributed by atoms with Gasteiger partial charge in [-0.1, -0.05) is 18.7 Å². The van der Waals surface area contributed by atoms with Crippen molar-refractivity contribution in [3.8, 4) is 5.75 Å². The number of halogens is 2. The number of hydrogen-bond donors (Lipinski definition) is 1. The van der Waals surface area contributed by atoms with E-state index in [2.05, 4.69) is 11.9 Å². The van der Waals surface area contributed by atoms with Crippen LogP contribution in [-0.4, -0.2) is 37.3 Å². The van der Waals surface area contributed by atoms with Gasteiger partial charge in [-0.25, -0.2) is 8.78 Å². The monoisotopic (exact) mass is 400 g/mol. The fourth-order valence-electron chi connectivity index (χ4n) is 3.08. The number of amides is 1. The summed E-state index contributed by atoms with van der Waals surface area (Å²) >= 11 is 0. The van der Waals surface area contributed by atoms with E-state index in [-0.39, 0.29) is 18.0 Å². The van der Waals surface area contributed by atoms with Crippen LogP contribution in [0.25, 0.3) is 10.9 Å². The Balaban J connectivity index is 2.08. The van der Waals surface area contributed by atoms with Crippen LogP contribution in [0.3, 0.4) is 0 Å². The van der Waals surface area contributed by atoms with Gasteiger partial charge in [0.2, 0.25) is 0 Å². The Hall–Kier alpha value is -3.19. The Morgan fingerprint density at radius 2 is 2.07 bits per heavy atom. The van der Waals surface area contributed by atoms with Crippen molar-refractivity contribution < 1.29 is 23.0 Å². The van der Waals surface area contributed by atoms with Gasteiger partial charge in [0, 0.05) is 24.6 Å². The second-order valence-electron chi connectivity index (χ2n) is 6.39. The number of hydrogen-bond acceptors (Lipinski definition) is 3. The zero-order valence-electron chi connectivity index (χ0n) is 16.1. The lowest BCUT2D eigenvalue weighted by Crippen LogP contribution is -2.29. The molecule has 0 bridgehead atoms. The van der Waals surface area contributed by atoms with E-state index in [1.165, 1.54) is 0 Å². The third kappa shape index (κ3) is 4.63. The lowest BCUT2D eigenvalue weighted by atomic mass is 10.2. The van der Waals surface area contributed by atoms with Gasteiger partial charge < -0.3 is 19.4 Å². The first-order valence-electron chi connectivity index (χ1n) is 9.12. The average Bonchev–Trinajstić information content (AvgIpc) is 3.08. The highest BCUT2D eigenvalue weighted by Gasteiger charge is 2.19. The van der Waals surface area contributed by atoms with Crippen molar-refractivity contribution in [1.82, 2.24) is 9.88 Å². The number of ether oxygens (including phenoxy) is 2. The summed E-state index contributed by atoms with van der Waals surface area (Å²) in [6, 6.07) is 10.3. The lowest BCUT2D eigenvalue weighted by molar-refractivity contribution is 0.0928. The van der Waals surface area contributed by atoms with Crippen molar-refractivity contribution in [3.05, 3.63) is 78.0 Å². The van der Waals surface area contributed by atoms with E-state index >= 15 is 0 Å². The van der Waals surface area contributed by atoms with Crippen LogP contribution in [0.4, 0.5) is 8.78 Å². The maximum Gasteiger partial charge on any atom is 0.268 e. The van der Waals surface area contributed by atoms with Gasteiger partial charge in [-0.2, -0.15) is 0 Å². The van der Waals surface area contributed by atoms with Crippen molar-refractivity contribution in [2.24, 2.45) is 0 Å². The number of benzene rings is 2. The Morgan fingerprint density at radius 1 is 1.24 bits per heavy atom. The summed E-state index contributed by atoms with van der Waals surface area (Å²) in [7, 11) is 1.54. The molecule has 2 aromatic carbocycles. The molecule has 1 amide bonds. The minimum atomic E-state index is -0.543. The molecule has 0 fully saturated rings. The molecule has 0 aliphatic carbocycles. The minimum Gasteiger partial charge on any atom is -0.489 e. The summed E-state index contributed by atoms with van der Waals surface area (Å²) in [6.07, 6.45) is 1.62. The maximum absolute atomic E-state index is 14.3. The first kappa shape index (κ1) is 20.5. The fourth-order valence-corrected chi connectivity index (χ4v) is 3.08. The summed E-state index contributed by atoms with van der Waals surface area (Å²) in [5.74, 6) is -0.853. The number of carbonyl (C=O) groups excluding carboxylic acids is 1. The molecule has 0 saturated carbocycles. The van der Waals surface area contributed by atoms with Crippen molar-refractivity contribution in [1.29, 1.82) is 0 Å². The molecule has 3 rings (SSSR count). The molecule has 5 nitrogen and oxygen atoms in total. The van der Waals surface area contributed by atoms with Gasteiger partial charge in [-0.15, -0.1) is 0 Å². The predicted molar refractivity (Wildman–Crippen MR) is 107 cm³/mol. The molecule has 0 unspecified atom stereocenters. The van der Waals surface area contributed by atoms with E-state index in [0.717, 1.165) is 18.2 Å². The second-order valence-corrected chi connectivity index (χ2v) is 6.39. The fraction of sp³-hybridized carbons (Fsp3) is 0.227. The van der Waals surface area contributed by atoms with Crippen molar-refractivity contribution in [2.45, 2.75) is 6.54 Å². The molecule has 1 heterocycles. The molecule has 0 radical (unpaired) electrons. The number of aromatic nitrogens is 1. The molecular formula is C22H22F2N2O3. The average molecular weight is 400 g/mol. The number of carbonyl (C=O) groups is 1. The van der Waals surface area contributed by atoms with Crippen LogP contribution in [0.1, 0.15) is 16.1 Å². The van der Waals surface area contributed by atoms with Gasteiger partial charge in [0.25, 0.3) is 5.91 Å². The summed E-state index contributed by atoms with van der Waals surface area (Å²) in [6.45, 7) is 4.62. The number of fused-ring (bicyclic) bond motifs is 1. The van der Waals surface area contributed by atoms with Crippen LogP contribution in [0.5, 0.6) is 5.75 Å². The summed E-state index contributed by atoms with van der Waals surface area (Å²) in [5.41, 5.74) is 1.13. The standard InChI is InChI=1S/C22H22F2N2O3/c1-3-10-29-21-6-4-5-19-17(21)13-20(22(27)25-9-11-28-2)26(19)14-15-12-16(23)7-8-18(15)24/h3-8,12-13H,1,9-11,14H2,2H3,(H,25,27). The van der Waals surface area contributed by atoms with Crippen LogP contribution in [0.15, 0.2) is 55.1 Å². The van der Waals surface area contributed by atoms with E-state index in [1.54, 1.807) is 42.0 Å². The third-order valence-corrected chi connectivity index (χ3v) is 4.42. The number of rotatable bonds is 9. The largest absolute Gasteiger partial charge is 0.489 e. The Morgan fingerprint density at radius 3 is 2.83 bits per heavy atom. The van der Waals surface area contributed by atoms with Gasteiger partial charge in [-0.3, -0.25) is 4.79 Å². The molecule has 7 heteroatoms. The third-order valence-electron chi connectivity index (χ3n) is 4.42. The summed E-state index contributed by atoms with van der Waals surface area (Å²) < 4.78 is 40.2. The number of methoxy groups -OCH3 is 1. The SMILES string of the molecule is C=CCOc1cccc2c1cc(C(=O)NCCOC)n2Cc1cc(F)ccc1F. The molecular weight excluding hydrogens is 378 g/mol. The van der Waals surface area contributed by atoms with Crippen molar-refractivity contribution >= 4 is 16.8 Å². The van der Waals surface area contributed by atoms with Gasteiger partial charge in [0.05, 0.1) is 18.7 Å². The van der Waals surface area contributed by atoms with Crippen LogP contribution >= 0.6 is 0 Å². The molecule has 0 saturated heterocycles. The predicted octanol–water partition coefficient (Wildman–Crippen LogP) is 3.91. The van der Waals surface area contributed by atoms with E-state index < -0.39 is 11.6 Å². The molecule has 1 N–H and O–H groups in total. The van der Waals surface area contributed by atoms with Crippen molar-refractivity contribution in [3.63, 3.8) is 0 Å². The highest BCUT2D eigenvalue weighted by atomic mass is 19.1. The minimum absolute atomic E-state index is 0.00889. The van der Waals surface area contributed by atoms with E-state index in [1.807, 2.05) is 0 Å². The van der Waals surface area contributed by atoms with Crippen LogP contribution in [-0.2, 0) is 11.3 Å². The number of nitrogens with zero attached hydrogens (tertiary/aromatic N) is 1. The Bertz CT molecular complexity index is 1030. The summed E-state index contributed by atoms with van der Waals surface area (Å²) in [4.78, 5) is 12.8. The van der Waals surface area contributed by atoms with Crippen molar-refractivity contribution in [2.75, 3.05) is 26.9 Å².